The number of cyclic esters (lactones) is 1. The summed E-state index contributed by atoms with van der Waals surface area (Å²) >= 11 is 0. The topological polar surface area (TPSA) is 79.0 Å². The number of ether oxygens (including phenoxy) is 1. The molecule has 3 aliphatic rings. The Kier molecular flexibility index (Phi) is 3.89. The summed E-state index contributed by atoms with van der Waals surface area (Å²) in [6, 6.07) is 8.01. The second-order valence-corrected chi connectivity index (χ2v) is 7.56. The van der Waals surface area contributed by atoms with Gasteiger partial charge in [0.25, 0.3) is 0 Å². The Bertz CT molecular complexity index is 769. The van der Waals surface area contributed by atoms with Crippen molar-refractivity contribution in [1.82, 2.24) is 10.2 Å². The molecule has 2 heterocycles. The first-order valence-corrected chi connectivity index (χ1v) is 8.98. The quantitative estimate of drug-likeness (QED) is 0.884. The summed E-state index contributed by atoms with van der Waals surface area (Å²) in [5.41, 5.74) is 2.13. The maximum absolute atomic E-state index is 12.1. The Morgan fingerprint density at radius 1 is 1.27 bits per heavy atom. The molecular weight excluding hydrogens is 334 g/mol. The number of nitrogens with one attached hydrogen (secondary N) is 1. The zero-order valence-electron chi connectivity index (χ0n) is 15.0. The molecule has 1 saturated carbocycles. The van der Waals surface area contributed by atoms with Crippen LogP contribution in [0.3, 0.4) is 0 Å². The highest BCUT2D eigenvalue weighted by atomic mass is 16.6. The van der Waals surface area contributed by atoms with Gasteiger partial charge in [0.15, 0.2) is 0 Å². The van der Waals surface area contributed by atoms with Crippen LogP contribution in [0.25, 0.3) is 0 Å². The third-order valence-corrected chi connectivity index (χ3v) is 5.80. The Hall–Kier alpha value is -2.57. The van der Waals surface area contributed by atoms with Gasteiger partial charge in [-0.3, -0.25) is 14.5 Å². The van der Waals surface area contributed by atoms with E-state index in [2.05, 4.69) is 17.4 Å². The molecule has 0 spiro atoms. The maximum atomic E-state index is 12.1. The largest absolute Gasteiger partial charge is 0.442 e. The van der Waals surface area contributed by atoms with Crippen LogP contribution in [0.15, 0.2) is 24.3 Å². The zero-order chi connectivity index (χ0) is 18.5. The van der Waals surface area contributed by atoms with Crippen molar-refractivity contribution >= 4 is 23.6 Å². The molecule has 3 atom stereocenters. The number of amides is 3. The number of anilines is 1. The molecule has 4 rings (SSSR count). The minimum atomic E-state index is -0.390. The first-order valence-electron chi connectivity index (χ1n) is 8.98. The standard InChI is InChI=1S/C19H23N3O4.H2/c1-12(23)20-8-17-10-22(18(25)26-17)16-5-3-14(4-6-16)19-7-15(19)9-21(11-19)13(2)24;/h3-6,15,17H,7-11H2,1-2H3,(H,20,23);1H/t15-,17+,19+;/m1./s1. The molecule has 0 aromatic heterocycles. The van der Waals surface area contributed by atoms with Crippen molar-refractivity contribution in [1.29, 1.82) is 0 Å². The minimum absolute atomic E-state index is 0. The summed E-state index contributed by atoms with van der Waals surface area (Å²) in [5, 5.41) is 2.67. The summed E-state index contributed by atoms with van der Waals surface area (Å²) in [6.07, 6.45) is 0.399. The fourth-order valence-electron chi connectivity index (χ4n) is 4.24. The van der Waals surface area contributed by atoms with E-state index < -0.39 is 0 Å². The van der Waals surface area contributed by atoms with Gasteiger partial charge in [-0.25, -0.2) is 4.79 Å². The normalized spacial score (nSPS) is 29.4. The van der Waals surface area contributed by atoms with Crippen molar-refractivity contribution in [2.24, 2.45) is 5.92 Å². The molecule has 0 unspecified atom stereocenters. The first kappa shape index (κ1) is 16.9. The first-order chi connectivity index (χ1) is 12.4. The highest BCUT2D eigenvalue weighted by molar-refractivity contribution is 5.89. The van der Waals surface area contributed by atoms with Gasteiger partial charge in [0, 0.05) is 39.5 Å². The van der Waals surface area contributed by atoms with E-state index in [1.807, 2.05) is 17.0 Å². The molecule has 7 heteroatoms. The number of carbonyl (C=O) groups is 3. The third-order valence-electron chi connectivity index (χ3n) is 5.80. The number of rotatable bonds is 4. The number of hydrogen-bond donors (Lipinski definition) is 1. The molecule has 0 radical (unpaired) electrons. The van der Waals surface area contributed by atoms with Gasteiger partial charge in [0.05, 0.1) is 13.1 Å². The second kappa shape index (κ2) is 6.00. The number of hydrogen-bond acceptors (Lipinski definition) is 4. The molecule has 1 N–H and O–H groups in total. The van der Waals surface area contributed by atoms with Crippen molar-refractivity contribution in [2.45, 2.75) is 31.8 Å². The van der Waals surface area contributed by atoms with Gasteiger partial charge in [-0.1, -0.05) is 12.1 Å². The van der Waals surface area contributed by atoms with E-state index in [-0.39, 0.29) is 30.9 Å². The summed E-state index contributed by atoms with van der Waals surface area (Å²) in [4.78, 5) is 38.2. The molecule has 0 bridgehead atoms. The average Bonchev–Trinajstić information content (AvgIpc) is 2.98. The smallest absolute Gasteiger partial charge is 0.414 e. The lowest BCUT2D eigenvalue weighted by Gasteiger charge is -2.20. The molecule has 7 nitrogen and oxygen atoms in total. The van der Waals surface area contributed by atoms with Gasteiger partial charge in [-0.2, -0.15) is 0 Å². The average molecular weight is 359 g/mol. The summed E-state index contributed by atoms with van der Waals surface area (Å²) < 4.78 is 5.31. The molecule has 2 saturated heterocycles. The second-order valence-electron chi connectivity index (χ2n) is 7.56. The Balaban J connectivity index is 0.00000210. The van der Waals surface area contributed by atoms with Gasteiger partial charge in [0.1, 0.15) is 6.10 Å². The van der Waals surface area contributed by atoms with Crippen molar-refractivity contribution in [3.8, 4) is 0 Å². The fraction of sp³-hybridized carbons (Fsp3) is 0.526. The van der Waals surface area contributed by atoms with Crippen molar-refractivity contribution < 1.29 is 20.5 Å². The lowest BCUT2D eigenvalue weighted by molar-refractivity contribution is -0.128. The van der Waals surface area contributed by atoms with Crippen LogP contribution >= 0.6 is 0 Å². The van der Waals surface area contributed by atoms with Crippen LogP contribution in [0.4, 0.5) is 10.5 Å². The van der Waals surface area contributed by atoms with Crippen LogP contribution in [0.2, 0.25) is 0 Å². The van der Waals surface area contributed by atoms with E-state index in [1.54, 1.807) is 11.8 Å². The molecule has 1 aromatic rings. The minimum Gasteiger partial charge on any atom is -0.442 e. The van der Waals surface area contributed by atoms with E-state index in [0.717, 1.165) is 25.2 Å². The summed E-state index contributed by atoms with van der Waals surface area (Å²) in [6.45, 7) is 5.44. The highest BCUT2D eigenvalue weighted by Gasteiger charge is 2.61. The summed E-state index contributed by atoms with van der Waals surface area (Å²) in [5.74, 6) is 0.549. The molecule has 1 aromatic carbocycles. The molecule has 140 valence electrons. The van der Waals surface area contributed by atoms with Gasteiger partial charge in [-0.05, 0) is 30.0 Å². The van der Waals surface area contributed by atoms with Crippen molar-refractivity contribution in [3.05, 3.63) is 29.8 Å². The highest BCUT2D eigenvalue weighted by Crippen LogP contribution is 2.59. The van der Waals surface area contributed by atoms with Gasteiger partial charge in [-0.15, -0.1) is 0 Å². The number of carbonyl (C=O) groups excluding carboxylic acids is 3. The number of nitrogens with zero attached hydrogens (tertiary/aromatic N) is 2. The molecule has 3 fully saturated rings. The van der Waals surface area contributed by atoms with E-state index >= 15 is 0 Å². The van der Waals surface area contributed by atoms with Crippen LogP contribution in [-0.4, -0.2) is 55.1 Å². The predicted molar refractivity (Wildman–Crippen MR) is 96.9 cm³/mol. The van der Waals surface area contributed by atoms with Gasteiger partial charge >= 0.3 is 6.09 Å². The van der Waals surface area contributed by atoms with Gasteiger partial charge in [0.2, 0.25) is 11.8 Å². The summed E-state index contributed by atoms with van der Waals surface area (Å²) in [7, 11) is 0. The molecule has 1 aliphatic carbocycles. The van der Waals surface area contributed by atoms with Crippen LogP contribution in [-0.2, 0) is 19.7 Å². The van der Waals surface area contributed by atoms with Crippen LogP contribution in [0.5, 0.6) is 0 Å². The molecule has 2 aliphatic heterocycles. The van der Waals surface area contributed by atoms with E-state index in [4.69, 9.17) is 4.74 Å². The van der Waals surface area contributed by atoms with Crippen LogP contribution < -0.4 is 10.2 Å². The van der Waals surface area contributed by atoms with Crippen molar-refractivity contribution in [2.75, 3.05) is 31.1 Å². The number of piperidine rings is 1. The van der Waals surface area contributed by atoms with Crippen LogP contribution in [0.1, 0.15) is 27.3 Å². The van der Waals surface area contributed by atoms with Gasteiger partial charge < -0.3 is 15.0 Å². The molecular formula is C19H25N3O4. The molecule has 26 heavy (non-hydrogen) atoms. The van der Waals surface area contributed by atoms with Crippen LogP contribution in [0, 0.1) is 5.92 Å². The number of benzene rings is 1. The lowest BCUT2D eigenvalue weighted by atomic mass is 9.94. The Labute approximate surface area is 153 Å². The van der Waals surface area contributed by atoms with E-state index in [0.29, 0.717) is 19.0 Å². The van der Waals surface area contributed by atoms with E-state index in [1.165, 1.54) is 12.5 Å². The zero-order valence-corrected chi connectivity index (χ0v) is 15.0. The Morgan fingerprint density at radius 2 is 2.00 bits per heavy atom. The monoisotopic (exact) mass is 359 g/mol. The van der Waals surface area contributed by atoms with Crippen molar-refractivity contribution in [3.63, 3.8) is 0 Å². The van der Waals surface area contributed by atoms with E-state index in [9.17, 15) is 14.4 Å². The maximum Gasteiger partial charge on any atom is 0.414 e. The number of likely N-dealkylation sites (tertiary alicyclic amines) is 1. The number of fused-ring (bicyclic) bond motifs is 1. The fourth-order valence-corrected chi connectivity index (χ4v) is 4.24. The third kappa shape index (κ3) is 2.81. The Morgan fingerprint density at radius 3 is 2.62 bits per heavy atom. The molecule has 3 amide bonds. The SMILES string of the molecule is CC(=O)NC[C@H]1CN(c2ccc([C@@]34C[C@@H]3CN(C(C)=O)C4)cc2)C(=O)O1.[HH]. The predicted octanol–water partition coefficient (Wildman–Crippen LogP) is 1.51. The lowest BCUT2D eigenvalue weighted by Crippen LogP contribution is -2.33.